The Balaban J connectivity index is 1.86. The number of halogens is 1. The van der Waals surface area contributed by atoms with Gasteiger partial charge in [-0.05, 0) is 59.0 Å². The maximum absolute atomic E-state index is 12.7. The lowest BCUT2D eigenvalue weighted by Crippen LogP contribution is -2.09. The molecule has 26 heavy (non-hydrogen) atoms. The van der Waals surface area contributed by atoms with Crippen LogP contribution >= 0.6 is 22.6 Å². The predicted octanol–water partition coefficient (Wildman–Crippen LogP) is 2.63. The minimum absolute atomic E-state index is 0.157. The van der Waals surface area contributed by atoms with Crippen molar-refractivity contribution in [2.75, 3.05) is 7.11 Å². The second-order valence-electron chi connectivity index (χ2n) is 5.35. The van der Waals surface area contributed by atoms with Gasteiger partial charge < -0.3 is 4.74 Å². The molecule has 0 fully saturated rings. The molecule has 2 aromatic heterocycles. The maximum atomic E-state index is 12.7. The van der Waals surface area contributed by atoms with Crippen molar-refractivity contribution in [1.82, 2.24) is 14.8 Å². The monoisotopic (exact) mass is 483 g/mol. The first-order valence-electron chi connectivity index (χ1n) is 7.46. The smallest absolute Gasteiger partial charge is 0.337 e. The third-order valence-electron chi connectivity index (χ3n) is 3.60. The van der Waals surface area contributed by atoms with Crippen LogP contribution in [0.25, 0.3) is 5.69 Å². The number of aromatic nitrogens is 3. The maximum Gasteiger partial charge on any atom is 0.337 e. The molecule has 0 bridgehead atoms. The number of nitrogens with zero attached hydrogens (tertiary/aromatic N) is 3. The number of hydrogen-bond donors (Lipinski definition) is 0. The van der Waals surface area contributed by atoms with Crippen molar-refractivity contribution in [1.29, 1.82) is 0 Å². The molecule has 3 rings (SSSR count). The minimum atomic E-state index is -3.61. The first-order chi connectivity index (χ1) is 12.4. The molecule has 0 saturated heterocycles. The molecule has 0 aliphatic carbocycles. The summed E-state index contributed by atoms with van der Waals surface area (Å²) in [6.45, 7) is 0. The average Bonchev–Trinajstić information content (AvgIpc) is 3.09. The van der Waals surface area contributed by atoms with Crippen LogP contribution < -0.4 is 0 Å². The quantitative estimate of drug-likeness (QED) is 0.410. The van der Waals surface area contributed by atoms with E-state index in [2.05, 4.69) is 14.8 Å². The number of sulfone groups is 1. The Kier molecular flexibility index (Phi) is 5.37. The van der Waals surface area contributed by atoms with E-state index in [1.807, 2.05) is 22.6 Å². The summed E-state index contributed by atoms with van der Waals surface area (Å²) >= 11 is 1.90. The Morgan fingerprint density at radius 2 is 1.92 bits per heavy atom. The molecule has 0 aliphatic rings. The highest BCUT2D eigenvalue weighted by Gasteiger charge is 2.21. The first kappa shape index (κ1) is 18.5. The number of esters is 1. The van der Waals surface area contributed by atoms with Crippen molar-refractivity contribution in [3.8, 4) is 5.69 Å². The van der Waals surface area contributed by atoms with E-state index in [0.717, 1.165) is 5.69 Å². The number of methoxy groups -OCH3 is 1. The zero-order chi connectivity index (χ0) is 18.7. The molecule has 0 saturated carbocycles. The fourth-order valence-electron chi connectivity index (χ4n) is 2.35. The van der Waals surface area contributed by atoms with Gasteiger partial charge in [-0.25, -0.2) is 17.9 Å². The Hall–Kier alpha value is -2.27. The van der Waals surface area contributed by atoms with Crippen LogP contribution in [0.2, 0.25) is 0 Å². The van der Waals surface area contributed by atoms with Gasteiger partial charge in [0.25, 0.3) is 0 Å². The van der Waals surface area contributed by atoms with E-state index in [-0.39, 0.29) is 10.6 Å². The number of ether oxygens (including phenoxy) is 1. The number of rotatable bonds is 5. The molecule has 0 amide bonds. The van der Waals surface area contributed by atoms with Gasteiger partial charge in [-0.3, -0.25) is 4.98 Å². The Bertz CT molecular complexity index is 1050. The largest absolute Gasteiger partial charge is 0.465 e. The van der Waals surface area contributed by atoms with Gasteiger partial charge in [0, 0.05) is 22.2 Å². The molecule has 0 atom stereocenters. The lowest BCUT2D eigenvalue weighted by Gasteiger charge is -2.07. The summed E-state index contributed by atoms with van der Waals surface area (Å²) in [4.78, 5) is 15.7. The van der Waals surface area contributed by atoms with E-state index in [1.165, 1.54) is 25.3 Å². The summed E-state index contributed by atoms with van der Waals surface area (Å²) in [5, 5.41) is 4.31. The molecular weight excluding hydrogens is 469 g/mol. The zero-order valence-corrected chi connectivity index (χ0v) is 16.6. The SMILES string of the molecule is COC(=O)c1ccc(S(=O)(=O)Cc2ccn(-c3ccncc3)n2)c(I)c1. The van der Waals surface area contributed by atoms with Gasteiger partial charge in [-0.2, -0.15) is 5.10 Å². The van der Waals surface area contributed by atoms with E-state index in [9.17, 15) is 13.2 Å². The van der Waals surface area contributed by atoms with Crippen molar-refractivity contribution in [3.63, 3.8) is 0 Å². The zero-order valence-electron chi connectivity index (χ0n) is 13.7. The summed E-state index contributed by atoms with van der Waals surface area (Å²) < 4.78 is 32.2. The lowest BCUT2D eigenvalue weighted by atomic mass is 10.2. The van der Waals surface area contributed by atoms with Crippen LogP contribution in [-0.2, 0) is 20.3 Å². The van der Waals surface area contributed by atoms with Gasteiger partial charge in [0.1, 0.15) is 0 Å². The second-order valence-corrected chi connectivity index (χ2v) is 8.47. The normalized spacial score (nSPS) is 11.3. The summed E-state index contributed by atoms with van der Waals surface area (Å²) in [5.41, 5.74) is 1.52. The Morgan fingerprint density at radius 1 is 1.19 bits per heavy atom. The highest BCUT2D eigenvalue weighted by atomic mass is 127. The molecule has 3 aromatic rings. The summed E-state index contributed by atoms with van der Waals surface area (Å²) in [6.07, 6.45) is 4.98. The van der Waals surface area contributed by atoms with Crippen LogP contribution in [-0.4, -0.2) is 36.3 Å². The van der Waals surface area contributed by atoms with Crippen molar-refractivity contribution in [2.45, 2.75) is 10.6 Å². The highest BCUT2D eigenvalue weighted by molar-refractivity contribution is 14.1. The molecule has 134 valence electrons. The van der Waals surface area contributed by atoms with Crippen molar-refractivity contribution in [3.05, 3.63) is 69.8 Å². The van der Waals surface area contributed by atoms with Crippen LogP contribution in [0.15, 0.2) is 59.9 Å². The van der Waals surface area contributed by atoms with Crippen molar-refractivity contribution in [2.24, 2.45) is 0 Å². The Morgan fingerprint density at radius 3 is 2.58 bits per heavy atom. The number of hydrogen-bond acceptors (Lipinski definition) is 6. The molecule has 9 heteroatoms. The molecule has 2 heterocycles. The number of pyridine rings is 1. The summed E-state index contributed by atoms with van der Waals surface area (Å²) in [7, 11) is -2.33. The molecule has 0 spiro atoms. The molecule has 7 nitrogen and oxygen atoms in total. The van der Waals surface area contributed by atoms with E-state index in [4.69, 9.17) is 0 Å². The average molecular weight is 483 g/mol. The Labute approximate surface area is 164 Å². The van der Waals surface area contributed by atoms with Gasteiger partial charge >= 0.3 is 5.97 Å². The van der Waals surface area contributed by atoms with Crippen molar-refractivity contribution >= 4 is 38.4 Å². The molecular formula is C17H14IN3O4S. The van der Waals surface area contributed by atoms with E-state index < -0.39 is 15.8 Å². The molecule has 0 aliphatic heterocycles. The summed E-state index contributed by atoms with van der Waals surface area (Å²) in [6, 6.07) is 9.57. The topological polar surface area (TPSA) is 91.2 Å². The van der Waals surface area contributed by atoms with Gasteiger partial charge in [-0.15, -0.1) is 0 Å². The number of carbonyl (C=O) groups is 1. The highest BCUT2D eigenvalue weighted by Crippen LogP contribution is 2.23. The third kappa shape index (κ3) is 3.93. The fourth-order valence-corrected chi connectivity index (χ4v) is 5.20. The summed E-state index contributed by atoms with van der Waals surface area (Å²) in [5.74, 6) is -0.749. The van der Waals surface area contributed by atoms with Gasteiger partial charge in [-0.1, -0.05) is 0 Å². The van der Waals surface area contributed by atoms with Crippen LogP contribution in [0.1, 0.15) is 16.1 Å². The number of carbonyl (C=O) groups excluding carboxylic acids is 1. The molecule has 0 unspecified atom stereocenters. The minimum Gasteiger partial charge on any atom is -0.465 e. The molecule has 0 radical (unpaired) electrons. The van der Waals surface area contributed by atoms with Gasteiger partial charge in [0.05, 0.1) is 34.7 Å². The second kappa shape index (κ2) is 7.54. The molecule has 1 aromatic carbocycles. The van der Waals surface area contributed by atoms with Gasteiger partial charge in [0.2, 0.25) is 0 Å². The fraction of sp³-hybridized carbons (Fsp3) is 0.118. The third-order valence-corrected chi connectivity index (χ3v) is 6.56. The van der Waals surface area contributed by atoms with Crippen LogP contribution in [0.4, 0.5) is 0 Å². The van der Waals surface area contributed by atoms with E-state index in [1.54, 1.807) is 41.5 Å². The van der Waals surface area contributed by atoms with Gasteiger partial charge in [0.15, 0.2) is 9.84 Å². The number of benzene rings is 1. The first-order valence-corrected chi connectivity index (χ1v) is 10.2. The van der Waals surface area contributed by atoms with Crippen LogP contribution in [0, 0.1) is 3.57 Å². The lowest BCUT2D eigenvalue weighted by molar-refractivity contribution is 0.0600. The standard InChI is InChI=1S/C17H14IN3O4S/c1-25-17(22)12-2-3-16(15(18)10-12)26(23,24)11-13-6-9-21(20-13)14-4-7-19-8-5-14/h2-10H,11H2,1H3. The van der Waals surface area contributed by atoms with Crippen LogP contribution in [0.5, 0.6) is 0 Å². The van der Waals surface area contributed by atoms with E-state index >= 15 is 0 Å². The van der Waals surface area contributed by atoms with Crippen molar-refractivity contribution < 1.29 is 17.9 Å². The van der Waals surface area contributed by atoms with E-state index in [0.29, 0.717) is 14.8 Å². The molecule has 0 N–H and O–H groups in total. The predicted molar refractivity (Wildman–Crippen MR) is 103 cm³/mol. The van der Waals surface area contributed by atoms with Crippen LogP contribution in [0.3, 0.4) is 0 Å².